The molecular formula is C17H14BrClN2. The zero-order chi connectivity index (χ0) is 15.0. The van der Waals surface area contributed by atoms with Crippen LogP contribution in [0.15, 0.2) is 53.0 Å². The lowest BCUT2D eigenvalue weighted by atomic mass is 10.1. The van der Waals surface area contributed by atoms with E-state index in [0.29, 0.717) is 10.7 Å². The topological polar surface area (TPSA) is 38.0 Å². The van der Waals surface area contributed by atoms with E-state index in [0.717, 1.165) is 26.8 Å². The van der Waals surface area contributed by atoms with Gasteiger partial charge < -0.3 is 11.1 Å². The molecule has 3 N–H and O–H groups in total. The van der Waals surface area contributed by atoms with Gasteiger partial charge in [-0.15, -0.1) is 0 Å². The number of fused-ring (bicyclic) bond motifs is 1. The van der Waals surface area contributed by atoms with Gasteiger partial charge in [-0.2, -0.15) is 0 Å². The van der Waals surface area contributed by atoms with Crippen LogP contribution in [0.3, 0.4) is 0 Å². The minimum Gasteiger partial charge on any atom is -0.398 e. The van der Waals surface area contributed by atoms with Crippen molar-refractivity contribution in [2.45, 2.75) is 6.92 Å². The average Bonchev–Trinajstić information content (AvgIpc) is 2.48. The first-order valence-electron chi connectivity index (χ1n) is 6.56. The fourth-order valence-electron chi connectivity index (χ4n) is 2.35. The van der Waals surface area contributed by atoms with Gasteiger partial charge in [0.1, 0.15) is 0 Å². The fraction of sp³-hybridized carbons (Fsp3) is 0.0588. The van der Waals surface area contributed by atoms with Crippen molar-refractivity contribution in [1.29, 1.82) is 0 Å². The lowest BCUT2D eigenvalue weighted by molar-refractivity contribution is 1.44. The molecule has 0 aliphatic heterocycles. The first-order chi connectivity index (χ1) is 10.1. The first-order valence-corrected chi connectivity index (χ1v) is 7.73. The van der Waals surface area contributed by atoms with E-state index in [9.17, 15) is 0 Å². The molecule has 0 bridgehead atoms. The molecule has 2 nitrogen and oxygen atoms in total. The number of aryl methyl sites for hydroxylation is 1. The van der Waals surface area contributed by atoms with Crippen molar-refractivity contribution < 1.29 is 0 Å². The van der Waals surface area contributed by atoms with Crippen molar-refractivity contribution in [3.05, 3.63) is 63.6 Å². The first kappa shape index (κ1) is 14.2. The number of benzene rings is 3. The predicted molar refractivity (Wildman–Crippen MR) is 95.5 cm³/mol. The van der Waals surface area contributed by atoms with E-state index in [1.807, 2.05) is 37.3 Å². The molecule has 0 atom stereocenters. The SMILES string of the molecule is Cc1cc(N)c(Cl)cc1Nc1ccc(Br)c2ccccc12. The summed E-state index contributed by atoms with van der Waals surface area (Å²) in [7, 11) is 0. The molecule has 0 amide bonds. The summed E-state index contributed by atoms with van der Waals surface area (Å²) in [6, 6.07) is 16.1. The highest BCUT2D eigenvalue weighted by Gasteiger charge is 2.07. The van der Waals surface area contributed by atoms with Gasteiger partial charge in [-0.1, -0.05) is 51.8 Å². The minimum absolute atomic E-state index is 0.560. The average molecular weight is 362 g/mol. The van der Waals surface area contributed by atoms with Crippen molar-refractivity contribution in [3.8, 4) is 0 Å². The largest absolute Gasteiger partial charge is 0.398 e. The molecule has 21 heavy (non-hydrogen) atoms. The van der Waals surface area contributed by atoms with E-state index in [1.54, 1.807) is 0 Å². The maximum atomic E-state index is 6.12. The van der Waals surface area contributed by atoms with Gasteiger partial charge in [0, 0.05) is 21.2 Å². The van der Waals surface area contributed by atoms with Crippen molar-refractivity contribution in [1.82, 2.24) is 0 Å². The maximum absolute atomic E-state index is 6.12. The van der Waals surface area contributed by atoms with Crippen LogP contribution in [0.1, 0.15) is 5.56 Å². The van der Waals surface area contributed by atoms with Crippen molar-refractivity contribution in [2.24, 2.45) is 0 Å². The van der Waals surface area contributed by atoms with Gasteiger partial charge in [-0.3, -0.25) is 0 Å². The van der Waals surface area contributed by atoms with Crippen molar-refractivity contribution >= 4 is 55.4 Å². The van der Waals surface area contributed by atoms with Gasteiger partial charge in [0.05, 0.1) is 10.7 Å². The lowest BCUT2D eigenvalue weighted by Crippen LogP contribution is -1.96. The highest BCUT2D eigenvalue weighted by atomic mass is 79.9. The molecule has 3 aromatic carbocycles. The van der Waals surface area contributed by atoms with Crippen LogP contribution in [0.2, 0.25) is 5.02 Å². The molecule has 0 unspecified atom stereocenters. The third-order valence-electron chi connectivity index (χ3n) is 3.48. The Morgan fingerprint density at radius 3 is 2.48 bits per heavy atom. The molecule has 0 spiro atoms. The number of halogens is 2. The fourth-order valence-corrected chi connectivity index (χ4v) is 3.00. The van der Waals surface area contributed by atoms with Crippen molar-refractivity contribution in [2.75, 3.05) is 11.1 Å². The van der Waals surface area contributed by atoms with E-state index >= 15 is 0 Å². The predicted octanol–water partition coefficient (Wildman–Crippen LogP) is 5.89. The zero-order valence-electron chi connectivity index (χ0n) is 11.5. The Labute approximate surface area is 137 Å². The second-order valence-electron chi connectivity index (χ2n) is 4.95. The summed E-state index contributed by atoms with van der Waals surface area (Å²) in [5.74, 6) is 0. The molecule has 0 saturated carbocycles. The van der Waals surface area contributed by atoms with Crippen LogP contribution in [0.4, 0.5) is 17.1 Å². The number of nitrogen functional groups attached to an aromatic ring is 1. The Bertz CT molecular complexity index is 830. The van der Waals surface area contributed by atoms with Gasteiger partial charge in [0.2, 0.25) is 0 Å². The van der Waals surface area contributed by atoms with Crippen LogP contribution in [-0.4, -0.2) is 0 Å². The minimum atomic E-state index is 0.560. The molecule has 0 aliphatic carbocycles. The standard InChI is InChI=1S/C17H14BrClN2/c1-10-8-15(20)14(19)9-17(10)21-16-7-6-13(18)11-4-2-3-5-12(11)16/h2-9,21H,20H2,1H3. The molecule has 0 fully saturated rings. The summed E-state index contributed by atoms with van der Waals surface area (Å²) in [5.41, 5.74) is 9.48. The van der Waals surface area contributed by atoms with Gasteiger partial charge in [0.25, 0.3) is 0 Å². The monoisotopic (exact) mass is 360 g/mol. The van der Waals surface area contributed by atoms with Gasteiger partial charge in [-0.05, 0) is 42.1 Å². The molecule has 4 heteroatoms. The molecule has 0 aromatic heterocycles. The van der Waals surface area contributed by atoms with Crippen LogP contribution >= 0.6 is 27.5 Å². The Kier molecular flexibility index (Phi) is 3.79. The summed E-state index contributed by atoms with van der Waals surface area (Å²) < 4.78 is 1.08. The number of nitrogens with one attached hydrogen (secondary N) is 1. The Morgan fingerprint density at radius 2 is 1.71 bits per heavy atom. The normalized spacial score (nSPS) is 10.8. The molecule has 0 saturated heterocycles. The van der Waals surface area contributed by atoms with E-state index < -0.39 is 0 Å². The van der Waals surface area contributed by atoms with Crippen LogP contribution in [0.25, 0.3) is 10.8 Å². The summed E-state index contributed by atoms with van der Waals surface area (Å²) in [5, 5.41) is 6.33. The smallest absolute Gasteiger partial charge is 0.0656 e. The number of rotatable bonds is 2. The van der Waals surface area contributed by atoms with E-state index in [-0.39, 0.29) is 0 Å². The molecular weight excluding hydrogens is 348 g/mol. The molecule has 3 rings (SSSR count). The lowest BCUT2D eigenvalue weighted by Gasteiger charge is -2.14. The summed E-state index contributed by atoms with van der Waals surface area (Å²) in [6.45, 7) is 2.01. The van der Waals surface area contributed by atoms with E-state index in [4.69, 9.17) is 17.3 Å². The van der Waals surface area contributed by atoms with Crippen LogP contribution < -0.4 is 11.1 Å². The second kappa shape index (κ2) is 5.58. The molecule has 0 radical (unpaired) electrons. The summed E-state index contributed by atoms with van der Waals surface area (Å²) in [6.07, 6.45) is 0. The number of anilines is 3. The van der Waals surface area contributed by atoms with E-state index in [2.05, 4.69) is 39.4 Å². The third kappa shape index (κ3) is 2.71. The van der Waals surface area contributed by atoms with Crippen LogP contribution in [0.5, 0.6) is 0 Å². The number of nitrogens with two attached hydrogens (primary N) is 1. The molecule has 0 heterocycles. The number of hydrogen-bond donors (Lipinski definition) is 2. The number of hydrogen-bond acceptors (Lipinski definition) is 2. The second-order valence-corrected chi connectivity index (χ2v) is 6.22. The molecule has 3 aromatic rings. The molecule has 0 aliphatic rings. The van der Waals surface area contributed by atoms with Crippen LogP contribution in [-0.2, 0) is 0 Å². The van der Waals surface area contributed by atoms with Crippen LogP contribution in [0, 0.1) is 6.92 Å². The third-order valence-corrected chi connectivity index (χ3v) is 4.50. The van der Waals surface area contributed by atoms with E-state index in [1.165, 1.54) is 5.39 Å². The Balaban J connectivity index is 2.11. The molecule has 106 valence electrons. The zero-order valence-corrected chi connectivity index (χ0v) is 13.8. The summed E-state index contributed by atoms with van der Waals surface area (Å²) in [4.78, 5) is 0. The maximum Gasteiger partial charge on any atom is 0.0656 e. The Morgan fingerprint density at radius 1 is 1.00 bits per heavy atom. The summed E-state index contributed by atoms with van der Waals surface area (Å²) >= 11 is 9.71. The quantitative estimate of drug-likeness (QED) is 0.558. The van der Waals surface area contributed by atoms with Crippen molar-refractivity contribution in [3.63, 3.8) is 0 Å². The van der Waals surface area contributed by atoms with Gasteiger partial charge in [-0.25, -0.2) is 0 Å². The highest BCUT2D eigenvalue weighted by Crippen LogP contribution is 2.34. The van der Waals surface area contributed by atoms with Gasteiger partial charge >= 0.3 is 0 Å². The highest BCUT2D eigenvalue weighted by molar-refractivity contribution is 9.10. The van der Waals surface area contributed by atoms with Gasteiger partial charge in [0.15, 0.2) is 0 Å². The Hall–Kier alpha value is -1.71.